The van der Waals surface area contributed by atoms with Crippen LogP contribution in [0, 0.1) is 0 Å². The van der Waals surface area contributed by atoms with Crippen molar-refractivity contribution < 1.29 is 24.1 Å². The van der Waals surface area contributed by atoms with E-state index in [9.17, 15) is 4.79 Å². The van der Waals surface area contributed by atoms with Gasteiger partial charge >= 0.3 is 5.97 Å². The van der Waals surface area contributed by atoms with Crippen LogP contribution in [-0.2, 0) is 4.74 Å². The van der Waals surface area contributed by atoms with Crippen LogP contribution in [0.25, 0.3) is 22.2 Å². The van der Waals surface area contributed by atoms with Gasteiger partial charge in [0.1, 0.15) is 6.33 Å². The fourth-order valence-electron chi connectivity index (χ4n) is 3.63. The second-order valence-electron chi connectivity index (χ2n) is 7.28. The number of carboxylic acids is 1. The first-order chi connectivity index (χ1) is 15.2. The van der Waals surface area contributed by atoms with Gasteiger partial charge in [0.25, 0.3) is 0 Å². The Hall–Kier alpha value is -3.23. The van der Waals surface area contributed by atoms with Gasteiger partial charge in [-0.25, -0.2) is 14.8 Å². The third-order valence-electron chi connectivity index (χ3n) is 5.31. The molecular weight excluding hydrogens is 398 g/mol. The van der Waals surface area contributed by atoms with Crippen molar-refractivity contribution in [3.63, 3.8) is 0 Å². The number of aromatic carboxylic acids is 1. The van der Waals surface area contributed by atoms with Crippen LogP contribution in [0.1, 0.15) is 16.8 Å². The summed E-state index contributed by atoms with van der Waals surface area (Å²) < 4.78 is 16.9. The Bertz CT molecular complexity index is 1050. The molecule has 3 aromatic rings. The Balaban J connectivity index is 1.53. The average Bonchev–Trinajstić information content (AvgIpc) is 2.81. The Morgan fingerprint density at radius 1 is 1.13 bits per heavy atom. The summed E-state index contributed by atoms with van der Waals surface area (Å²) in [5.41, 5.74) is 2.47. The minimum absolute atomic E-state index is 0.229. The third kappa shape index (κ3) is 4.92. The minimum atomic E-state index is -0.962. The fourth-order valence-corrected chi connectivity index (χ4v) is 3.63. The molecule has 1 fully saturated rings. The van der Waals surface area contributed by atoms with Crippen LogP contribution in [0.5, 0.6) is 11.5 Å². The molecule has 0 amide bonds. The van der Waals surface area contributed by atoms with E-state index in [0.717, 1.165) is 55.7 Å². The van der Waals surface area contributed by atoms with Gasteiger partial charge in [-0.1, -0.05) is 12.1 Å². The molecule has 162 valence electrons. The molecular formula is C23H25N3O5. The number of rotatable bonds is 8. The highest BCUT2D eigenvalue weighted by Gasteiger charge is 2.14. The zero-order valence-corrected chi connectivity index (χ0v) is 17.4. The first-order valence-corrected chi connectivity index (χ1v) is 10.2. The van der Waals surface area contributed by atoms with Crippen LogP contribution in [0.15, 0.2) is 42.7 Å². The number of ether oxygens (including phenoxy) is 3. The molecule has 8 nitrogen and oxygen atoms in total. The van der Waals surface area contributed by atoms with Crippen molar-refractivity contribution in [2.24, 2.45) is 0 Å². The topological polar surface area (TPSA) is 94.0 Å². The number of carbonyl (C=O) groups is 1. The Morgan fingerprint density at radius 2 is 1.90 bits per heavy atom. The summed E-state index contributed by atoms with van der Waals surface area (Å²) in [5.74, 6) is 0.288. The first-order valence-electron chi connectivity index (χ1n) is 10.2. The van der Waals surface area contributed by atoms with Crippen LogP contribution in [0.4, 0.5) is 0 Å². The van der Waals surface area contributed by atoms with Gasteiger partial charge in [-0.05, 0) is 24.6 Å². The molecule has 1 aliphatic rings. The van der Waals surface area contributed by atoms with Gasteiger partial charge in [0, 0.05) is 36.7 Å². The molecule has 0 aliphatic carbocycles. The molecule has 1 saturated heterocycles. The molecule has 0 atom stereocenters. The first kappa shape index (κ1) is 21.0. The highest BCUT2D eigenvalue weighted by Crippen LogP contribution is 2.35. The predicted octanol–water partition coefficient (Wildman–Crippen LogP) is 3.10. The number of carboxylic acid groups (broad SMARTS) is 1. The Morgan fingerprint density at radius 3 is 2.61 bits per heavy atom. The van der Waals surface area contributed by atoms with Crippen molar-refractivity contribution in [1.29, 1.82) is 0 Å². The number of methoxy groups -OCH3 is 1. The van der Waals surface area contributed by atoms with E-state index < -0.39 is 5.97 Å². The van der Waals surface area contributed by atoms with E-state index in [1.54, 1.807) is 31.4 Å². The standard InChI is InChI=1S/C23H25N3O5/c1-29-20-13-18-19(14-21(20)31-10-2-7-26-8-11-30-12-9-26)24-15-25-22(18)16-3-5-17(6-4-16)23(27)28/h3-6,13-15H,2,7-12H2,1H3,(H,27,28). The number of benzene rings is 2. The summed E-state index contributed by atoms with van der Waals surface area (Å²) in [5, 5.41) is 9.92. The number of morpholine rings is 1. The molecule has 1 N–H and O–H groups in total. The average molecular weight is 423 g/mol. The second-order valence-corrected chi connectivity index (χ2v) is 7.28. The summed E-state index contributed by atoms with van der Waals surface area (Å²) in [6.07, 6.45) is 2.41. The predicted molar refractivity (Wildman–Crippen MR) is 116 cm³/mol. The van der Waals surface area contributed by atoms with Crippen LogP contribution in [0.2, 0.25) is 0 Å². The molecule has 31 heavy (non-hydrogen) atoms. The molecule has 0 unspecified atom stereocenters. The molecule has 0 spiro atoms. The third-order valence-corrected chi connectivity index (χ3v) is 5.31. The highest BCUT2D eigenvalue weighted by atomic mass is 16.5. The zero-order valence-electron chi connectivity index (χ0n) is 17.4. The van der Waals surface area contributed by atoms with E-state index in [0.29, 0.717) is 23.8 Å². The maximum atomic E-state index is 11.1. The summed E-state index contributed by atoms with van der Waals surface area (Å²) in [7, 11) is 1.60. The van der Waals surface area contributed by atoms with E-state index >= 15 is 0 Å². The molecule has 4 rings (SSSR count). The molecule has 0 saturated carbocycles. The van der Waals surface area contributed by atoms with Crippen molar-refractivity contribution >= 4 is 16.9 Å². The van der Waals surface area contributed by atoms with Gasteiger partial charge in [-0.2, -0.15) is 0 Å². The summed E-state index contributed by atoms with van der Waals surface area (Å²) in [6, 6.07) is 10.3. The van der Waals surface area contributed by atoms with Crippen molar-refractivity contribution in [3.05, 3.63) is 48.3 Å². The largest absolute Gasteiger partial charge is 0.493 e. The minimum Gasteiger partial charge on any atom is -0.493 e. The number of hydrogen-bond acceptors (Lipinski definition) is 7. The summed E-state index contributed by atoms with van der Waals surface area (Å²) in [4.78, 5) is 22.3. The Kier molecular flexibility index (Phi) is 6.59. The maximum absolute atomic E-state index is 11.1. The SMILES string of the molecule is COc1cc2c(-c3ccc(C(=O)O)cc3)ncnc2cc1OCCCN1CCOCC1. The van der Waals surface area contributed by atoms with Gasteiger partial charge in [0.15, 0.2) is 11.5 Å². The van der Waals surface area contributed by atoms with Crippen LogP contribution in [-0.4, -0.2) is 72.5 Å². The second kappa shape index (κ2) is 9.72. The van der Waals surface area contributed by atoms with Crippen LogP contribution >= 0.6 is 0 Å². The van der Waals surface area contributed by atoms with Crippen molar-refractivity contribution in [1.82, 2.24) is 14.9 Å². The van der Waals surface area contributed by atoms with E-state index in [-0.39, 0.29) is 5.56 Å². The smallest absolute Gasteiger partial charge is 0.335 e. The molecule has 8 heteroatoms. The maximum Gasteiger partial charge on any atom is 0.335 e. The lowest BCUT2D eigenvalue weighted by Gasteiger charge is -2.26. The lowest BCUT2D eigenvalue weighted by atomic mass is 10.0. The van der Waals surface area contributed by atoms with Gasteiger partial charge in [0.2, 0.25) is 0 Å². The Labute approximate surface area is 180 Å². The molecule has 1 aliphatic heterocycles. The zero-order chi connectivity index (χ0) is 21.6. The number of fused-ring (bicyclic) bond motifs is 1. The van der Waals surface area contributed by atoms with E-state index in [1.807, 2.05) is 12.1 Å². The number of hydrogen-bond donors (Lipinski definition) is 1. The lowest BCUT2D eigenvalue weighted by Crippen LogP contribution is -2.37. The van der Waals surface area contributed by atoms with E-state index in [2.05, 4.69) is 14.9 Å². The van der Waals surface area contributed by atoms with E-state index in [1.165, 1.54) is 6.33 Å². The van der Waals surface area contributed by atoms with Gasteiger partial charge < -0.3 is 19.3 Å². The van der Waals surface area contributed by atoms with Crippen molar-refractivity contribution in [2.75, 3.05) is 46.6 Å². The van der Waals surface area contributed by atoms with Crippen molar-refractivity contribution in [2.45, 2.75) is 6.42 Å². The normalized spacial score (nSPS) is 14.5. The fraction of sp³-hybridized carbons (Fsp3) is 0.348. The monoisotopic (exact) mass is 423 g/mol. The molecule has 2 heterocycles. The lowest BCUT2D eigenvalue weighted by molar-refractivity contribution is 0.0357. The highest BCUT2D eigenvalue weighted by molar-refractivity contribution is 5.95. The van der Waals surface area contributed by atoms with Gasteiger partial charge in [-0.15, -0.1) is 0 Å². The van der Waals surface area contributed by atoms with E-state index in [4.69, 9.17) is 19.3 Å². The molecule has 0 bridgehead atoms. The quantitative estimate of drug-likeness (QED) is 0.553. The summed E-state index contributed by atoms with van der Waals surface area (Å²) in [6.45, 7) is 5.06. The van der Waals surface area contributed by atoms with Crippen LogP contribution < -0.4 is 9.47 Å². The van der Waals surface area contributed by atoms with Crippen LogP contribution in [0.3, 0.4) is 0 Å². The summed E-state index contributed by atoms with van der Waals surface area (Å²) >= 11 is 0. The molecule has 1 aromatic heterocycles. The molecule has 2 aromatic carbocycles. The van der Waals surface area contributed by atoms with Gasteiger partial charge in [-0.3, -0.25) is 4.90 Å². The number of aromatic nitrogens is 2. The number of nitrogens with zero attached hydrogens (tertiary/aromatic N) is 3. The molecule has 0 radical (unpaired) electrons. The van der Waals surface area contributed by atoms with Crippen molar-refractivity contribution in [3.8, 4) is 22.8 Å². The van der Waals surface area contributed by atoms with Gasteiger partial charge in [0.05, 0.1) is 43.7 Å².